The second-order valence-electron chi connectivity index (χ2n) is 4.77. The van der Waals surface area contributed by atoms with Gasteiger partial charge in [-0.15, -0.1) is 0 Å². The van der Waals surface area contributed by atoms with E-state index >= 15 is 0 Å². The number of anilines is 1. The summed E-state index contributed by atoms with van der Waals surface area (Å²) in [6, 6.07) is 7.46. The molecule has 0 saturated carbocycles. The number of hydrogen-bond acceptors (Lipinski definition) is 4. The lowest BCUT2D eigenvalue weighted by atomic mass is 10.2. The summed E-state index contributed by atoms with van der Waals surface area (Å²) in [6.07, 6.45) is -0.621. The van der Waals surface area contributed by atoms with Crippen LogP contribution in [0.25, 0.3) is 0 Å². The zero-order valence-electron chi connectivity index (χ0n) is 12.4. The number of rotatable bonds is 5. The Morgan fingerprint density at radius 3 is 2.76 bits per heavy atom. The summed E-state index contributed by atoms with van der Waals surface area (Å²) in [4.78, 5) is 25.6. The first-order valence-corrected chi connectivity index (χ1v) is 7.20. The Morgan fingerprint density at radius 1 is 1.33 bits per heavy atom. The Bertz CT molecular complexity index is 515. The molecule has 1 heterocycles. The average Bonchev–Trinajstić information content (AvgIpc) is 2.53. The Labute approximate surface area is 124 Å². The molecule has 2 rings (SSSR count). The Kier molecular flexibility index (Phi) is 5.03. The molecular weight excluding hydrogens is 270 g/mol. The van der Waals surface area contributed by atoms with Gasteiger partial charge in [-0.2, -0.15) is 0 Å². The molecule has 1 unspecified atom stereocenters. The number of likely N-dealkylation sites (N-methyl/N-ethyl adjacent to an activating group) is 1. The molecule has 21 heavy (non-hydrogen) atoms. The number of nitrogens with zero attached hydrogens (tertiary/aromatic N) is 1. The maximum Gasteiger partial charge on any atom is 0.263 e. The maximum absolute atomic E-state index is 12.1. The predicted octanol–water partition coefficient (Wildman–Crippen LogP) is 0.844. The number of benzene rings is 1. The number of hydrogen-bond donors (Lipinski definition) is 2. The molecule has 1 aliphatic rings. The van der Waals surface area contributed by atoms with Crippen LogP contribution in [0, 0.1) is 0 Å². The second-order valence-corrected chi connectivity index (χ2v) is 4.77. The zero-order valence-corrected chi connectivity index (χ0v) is 12.4. The van der Waals surface area contributed by atoms with E-state index in [9.17, 15) is 9.59 Å². The van der Waals surface area contributed by atoms with E-state index in [1.54, 1.807) is 4.90 Å². The smallest absolute Gasteiger partial charge is 0.263 e. The van der Waals surface area contributed by atoms with Crippen LogP contribution >= 0.6 is 0 Å². The molecule has 114 valence electrons. The van der Waals surface area contributed by atoms with E-state index in [0.717, 1.165) is 5.69 Å². The van der Waals surface area contributed by atoms with E-state index < -0.39 is 6.10 Å². The molecule has 0 saturated heterocycles. The lowest BCUT2D eigenvalue weighted by Gasteiger charge is -2.26. The highest BCUT2D eigenvalue weighted by atomic mass is 16.5. The quantitative estimate of drug-likeness (QED) is 0.843. The highest BCUT2D eigenvalue weighted by Crippen LogP contribution is 2.28. The molecule has 0 aliphatic carbocycles. The number of ether oxygens (including phenoxy) is 1. The van der Waals surface area contributed by atoms with Gasteiger partial charge >= 0.3 is 0 Å². The number of fused-ring (bicyclic) bond motifs is 1. The van der Waals surface area contributed by atoms with Crippen LogP contribution in [0.15, 0.2) is 24.3 Å². The molecular formula is C15H21N3O3. The SMILES string of the molecule is CCN(CC)C(=O)CNC(=O)C1CNc2ccccc2O1. The maximum atomic E-state index is 12.1. The minimum absolute atomic E-state index is 0.00200. The number of carbonyl (C=O) groups excluding carboxylic acids is 2. The van der Waals surface area contributed by atoms with Crippen molar-refractivity contribution >= 4 is 17.5 Å². The third-order valence-electron chi connectivity index (χ3n) is 3.46. The van der Waals surface area contributed by atoms with Crippen molar-refractivity contribution in [2.24, 2.45) is 0 Å². The van der Waals surface area contributed by atoms with Gasteiger partial charge in [0.2, 0.25) is 5.91 Å². The van der Waals surface area contributed by atoms with Crippen LogP contribution in [0.2, 0.25) is 0 Å². The normalized spacial score (nSPS) is 16.2. The fourth-order valence-electron chi connectivity index (χ4n) is 2.22. The standard InChI is InChI=1S/C15H21N3O3/c1-3-18(4-2)14(19)10-17-15(20)13-9-16-11-7-5-6-8-12(11)21-13/h5-8,13,16H,3-4,9-10H2,1-2H3,(H,17,20). The van der Waals surface area contributed by atoms with Crippen molar-refractivity contribution in [3.63, 3.8) is 0 Å². The third-order valence-corrected chi connectivity index (χ3v) is 3.46. The van der Waals surface area contributed by atoms with Crippen molar-refractivity contribution in [1.82, 2.24) is 10.2 Å². The van der Waals surface area contributed by atoms with Crippen molar-refractivity contribution in [3.8, 4) is 5.75 Å². The predicted molar refractivity (Wildman–Crippen MR) is 80.3 cm³/mol. The fourth-order valence-corrected chi connectivity index (χ4v) is 2.22. The van der Waals surface area contributed by atoms with E-state index in [1.165, 1.54) is 0 Å². The first-order chi connectivity index (χ1) is 10.2. The fraction of sp³-hybridized carbons (Fsp3) is 0.467. The molecule has 0 aromatic heterocycles. The molecule has 1 aromatic carbocycles. The molecule has 0 radical (unpaired) electrons. The van der Waals surface area contributed by atoms with Crippen molar-refractivity contribution < 1.29 is 14.3 Å². The van der Waals surface area contributed by atoms with Gasteiger partial charge < -0.3 is 20.3 Å². The summed E-state index contributed by atoms with van der Waals surface area (Å²) in [5, 5.41) is 5.78. The van der Waals surface area contributed by atoms with E-state index in [2.05, 4.69) is 10.6 Å². The zero-order chi connectivity index (χ0) is 15.2. The molecule has 2 N–H and O–H groups in total. The largest absolute Gasteiger partial charge is 0.477 e. The second kappa shape index (κ2) is 6.97. The monoisotopic (exact) mass is 291 g/mol. The highest BCUT2D eigenvalue weighted by molar-refractivity contribution is 5.88. The minimum atomic E-state index is -0.621. The molecule has 0 spiro atoms. The van der Waals surface area contributed by atoms with Crippen LogP contribution < -0.4 is 15.4 Å². The van der Waals surface area contributed by atoms with Gasteiger partial charge in [0.1, 0.15) is 5.75 Å². The molecule has 6 heteroatoms. The van der Waals surface area contributed by atoms with Gasteiger partial charge in [-0.05, 0) is 26.0 Å². The van der Waals surface area contributed by atoms with Crippen LogP contribution in [-0.4, -0.2) is 49.0 Å². The van der Waals surface area contributed by atoms with Crippen LogP contribution in [0.5, 0.6) is 5.75 Å². The van der Waals surface area contributed by atoms with Crippen LogP contribution in [0.1, 0.15) is 13.8 Å². The van der Waals surface area contributed by atoms with E-state index in [1.807, 2.05) is 38.1 Å². The van der Waals surface area contributed by atoms with Gasteiger partial charge in [-0.1, -0.05) is 12.1 Å². The summed E-state index contributed by atoms with van der Waals surface area (Å²) >= 11 is 0. The third kappa shape index (κ3) is 3.65. The lowest BCUT2D eigenvalue weighted by molar-refractivity contribution is -0.134. The van der Waals surface area contributed by atoms with Crippen LogP contribution in [0.3, 0.4) is 0 Å². The Morgan fingerprint density at radius 2 is 2.05 bits per heavy atom. The Balaban J connectivity index is 1.86. The summed E-state index contributed by atoms with van der Waals surface area (Å²) in [6.45, 7) is 5.49. The first kappa shape index (κ1) is 15.2. The van der Waals surface area contributed by atoms with Gasteiger partial charge in [0.15, 0.2) is 6.10 Å². The van der Waals surface area contributed by atoms with Gasteiger partial charge in [0.05, 0.1) is 18.8 Å². The molecule has 0 fully saturated rings. The highest BCUT2D eigenvalue weighted by Gasteiger charge is 2.26. The van der Waals surface area contributed by atoms with Crippen LogP contribution in [-0.2, 0) is 9.59 Å². The van der Waals surface area contributed by atoms with Gasteiger partial charge in [0.25, 0.3) is 5.91 Å². The Hall–Kier alpha value is -2.24. The summed E-state index contributed by atoms with van der Waals surface area (Å²) in [7, 11) is 0. The van der Waals surface area contributed by atoms with Crippen molar-refractivity contribution in [1.29, 1.82) is 0 Å². The number of para-hydroxylation sites is 2. The topological polar surface area (TPSA) is 70.7 Å². The number of amides is 2. The van der Waals surface area contributed by atoms with E-state index in [0.29, 0.717) is 25.4 Å². The number of carbonyl (C=O) groups is 2. The van der Waals surface area contributed by atoms with Crippen molar-refractivity contribution in [2.45, 2.75) is 20.0 Å². The minimum Gasteiger partial charge on any atom is -0.477 e. The van der Waals surface area contributed by atoms with Gasteiger partial charge in [0, 0.05) is 13.1 Å². The van der Waals surface area contributed by atoms with Gasteiger partial charge in [-0.3, -0.25) is 9.59 Å². The van der Waals surface area contributed by atoms with Crippen molar-refractivity contribution in [3.05, 3.63) is 24.3 Å². The first-order valence-electron chi connectivity index (χ1n) is 7.20. The molecule has 1 aliphatic heterocycles. The lowest BCUT2D eigenvalue weighted by Crippen LogP contribution is -2.48. The number of nitrogens with one attached hydrogen (secondary N) is 2. The van der Waals surface area contributed by atoms with E-state index in [-0.39, 0.29) is 18.4 Å². The van der Waals surface area contributed by atoms with Gasteiger partial charge in [-0.25, -0.2) is 0 Å². The van der Waals surface area contributed by atoms with Crippen molar-refractivity contribution in [2.75, 3.05) is 31.5 Å². The summed E-state index contributed by atoms with van der Waals surface area (Å²) in [5.74, 6) is 0.286. The summed E-state index contributed by atoms with van der Waals surface area (Å²) in [5.41, 5.74) is 0.876. The average molecular weight is 291 g/mol. The molecule has 6 nitrogen and oxygen atoms in total. The molecule has 0 bridgehead atoms. The van der Waals surface area contributed by atoms with E-state index in [4.69, 9.17) is 4.74 Å². The molecule has 1 aromatic rings. The molecule has 1 atom stereocenters. The van der Waals surface area contributed by atoms with Crippen LogP contribution in [0.4, 0.5) is 5.69 Å². The summed E-state index contributed by atoms with van der Waals surface area (Å²) < 4.78 is 5.64. The molecule has 2 amide bonds.